The molecule has 0 radical (unpaired) electrons. The molecule has 0 atom stereocenters. The van der Waals surface area contributed by atoms with Gasteiger partial charge in [-0.2, -0.15) is 0 Å². The lowest BCUT2D eigenvalue weighted by molar-refractivity contribution is -0.119. The van der Waals surface area contributed by atoms with Gasteiger partial charge in [-0.05, 0) is 78.4 Å². The van der Waals surface area contributed by atoms with E-state index in [1.54, 1.807) is 48.5 Å². The van der Waals surface area contributed by atoms with Gasteiger partial charge in [-0.25, -0.2) is 18.4 Å². The number of hydrogen-bond donors (Lipinski definition) is 4. The van der Waals surface area contributed by atoms with Crippen LogP contribution in [0, 0.1) is 0 Å². The number of thiocarbonyl (C=S) groups is 1. The predicted molar refractivity (Wildman–Crippen MR) is 177 cm³/mol. The van der Waals surface area contributed by atoms with Crippen molar-refractivity contribution in [3.8, 4) is 11.5 Å². The normalized spacial score (nSPS) is 12.0. The first-order valence-corrected chi connectivity index (χ1v) is 16.5. The number of amides is 1. The minimum absolute atomic E-state index is 0.0345. The molecule has 0 bridgehead atoms. The lowest BCUT2D eigenvalue weighted by atomic mass is 10.2. The molecule has 0 saturated heterocycles. The second-order valence-electron chi connectivity index (χ2n) is 9.75. The number of anilines is 2. The van der Waals surface area contributed by atoms with Crippen molar-refractivity contribution in [3.63, 3.8) is 0 Å². The third-order valence-electron chi connectivity index (χ3n) is 6.58. The van der Waals surface area contributed by atoms with Crippen molar-refractivity contribution in [1.29, 1.82) is 0 Å². The number of aromatic nitrogens is 3. The Morgan fingerprint density at radius 2 is 1.74 bits per heavy atom. The quantitative estimate of drug-likeness (QED) is 0.0779. The van der Waals surface area contributed by atoms with Crippen LogP contribution in [0.15, 0.2) is 106 Å². The molecule has 0 spiro atoms. The fraction of sp³-hybridized carbons (Fsp3) is 0.100. The molecular formula is C30H25N7O6S3. The number of ether oxygens (including phenoxy) is 2. The van der Waals surface area contributed by atoms with Gasteiger partial charge in [0, 0.05) is 11.9 Å². The number of rotatable bonds is 9. The van der Waals surface area contributed by atoms with E-state index in [-0.39, 0.29) is 40.5 Å². The summed E-state index contributed by atoms with van der Waals surface area (Å²) in [5.74, 6) is 0.943. The zero-order valence-corrected chi connectivity index (χ0v) is 26.2. The molecule has 16 heteroatoms. The van der Waals surface area contributed by atoms with Crippen LogP contribution in [0.25, 0.3) is 10.9 Å². The minimum atomic E-state index is -3.83. The van der Waals surface area contributed by atoms with Crippen molar-refractivity contribution in [1.82, 2.24) is 25.4 Å². The third kappa shape index (κ3) is 7.20. The lowest BCUT2D eigenvalue weighted by Crippen LogP contribution is -2.44. The van der Waals surface area contributed by atoms with Crippen LogP contribution in [-0.4, -0.2) is 46.5 Å². The first-order valence-electron chi connectivity index (χ1n) is 13.7. The molecule has 3 heterocycles. The molecule has 234 valence electrons. The van der Waals surface area contributed by atoms with E-state index in [1.807, 2.05) is 12.1 Å². The van der Waals surface area contributed by atoms with Crippen molar-refractivity contribution < 1.29 is 22.7 Å². The maximum atomic E-state index is 13.5. The maximum Gasteiger partial charge on any atom is 0.263 e. The van der Waals surface area contributed by atoms with E-state index in [1.165, 1.54) is 35.0 Å². The number of fused-ring (bicyclic) bond motifs is 2. The van der Waals surface area contributed by atoms with Gasteiger partial charge in [-0.1, -0.05) is 36.0 Å². The van der Waals surface area contributed by atoms with E-state index in [4.69, 9.17) is 21.7 Å². The van der Waals surface area contributed by atoms with Gasteiger partial charge in [-0.15, -0.1) is 0 Å². The van der Waals surface area contributed by atoms with E-state index in [0.29, 0.717) is 33.2 Å². The second-order valence-corrected chi connectivity index (χ2v) is 12.8. The highest BCUT2D eigenvalue weighted by Gasteiger charge is 2.18. The van der Waals surface area contributed by atoms with Gasteiger partial charge in [0.15, 0.2) is 21.8 Å². The highest BCUT2D eigenvalue weighted by molar-refractivity contribution is 7.99. The molecule has 13 nitrogen and oxygen atoms in total. The zero-order chi connectivity index (χ0) is 32.1. The van der Waals surface area contributed by atoms with E-state index < -0.39 is 15.9 Å². The molecule has 6 rings (SSSR count). The van der Waals surface area contributed by atoms with E-state index >= 15 is 0 Å². The smallest absolute Gasteiger partial charge is 0.263 e. The number of para-hydroxylation sites is 1. The average Bonchev–Trinajstić information content (AvgIpc) is 3.53. The number of nitrogens with zero attached hydrogens (tertiary/aromatic N) is 3. The second kappa shape index (κ2) is 13.4. The fourth-order valence-electron chi connectivity index (χ4n) is 4.41. The third-order valence-corrected chi connectivity index (χ3v) is 9.13. The summed E-state index contributed by atoms with van der Waals surface area (Å²) >= 11 is 6.37. The molecule has 0 fully saturated rings. The average molecular weight is 676 g/mol. The topological polar surface area (TPSA) is 166 Å². The van der Waals surface area contributed by atoms with Crippen LogP contribution in [-0.2, 0) is 21.4 Å². The van der Waals surface area contributed by atoms with Crippen LogP contribution in [0.2, 0.25) is 0 Å². The van der Waals surface area contributed by atoms with E-state index in [2.05, 4.69) is 30.9 Å². The van der Waals surface area contributed by atoms with Gasteiger partial charge < -0.3 is 14.8 Å². The number of carbonyl (C=O) groups is 1. The highest BCUT2D eigenvalue weighted by Crippen LogP contribution is 2.33. The van der Waals surface area contributed by atoms with Crippen LogP contribution in [0.4, 0.5) is 11.5 Å². The van der Waals surface area contributed by atoms with Crippen molar-refractivity contribution in [2.24, 2.45) is 0 Å². The van der Waals surface area contributed by atoms with Crippen LogP contribution >= 0.6 is 24.0 Å². The van der Waals surface area contributed by atoms with E-state index in [9.17, 15) is 18.0 Å². The molecule has 0 saturated carbocycles. The van der Waals surface area contributed by atoms with Crippen LogP contribution in [0.3, 0.4) is 0 Å². The molecule has 0 aliphatic carbocycles. The SMILES string of the molecule is O=C(CSc1nc2ccccc2c(=O)n1Cc1ccc2c(c1)OCO2)NNC(=S)Nc1ccc(S(=O)(=O)Nc2ccccn2)cc1. The maximum absolute atomic E-state index is 13.5. The van der Waals surface area contributed by atoms with Crippen molar-refractivity contribution in [2.45, 2.75) is 16.6 Å². The van der Waals surface area contributed by atoms with Crippen molar-refractivity contribution in [2.75, 3.05) is 22.6 Å². The Morgan fingerprint density at radius 1 is 0.957 bits per heavy atom. The number of benzene rings is 3. The summed E-state index contributed by atoms with van der Waals surface area (Å²) in [5, 5.41) is 3.78. The standard InChI is InChI=1S/C30H25N7O6S3/c38-27(34-35-29(44)32-20-9-11-21(12-10-20)46(40,41)36-26-7-3-4-14-31-26)17-45-30-33-23-6-2-1-5-22(23)28(39)37(30)16-19-8-13-24-25(15-19)43-18-42-24/h1-15H,16-18H2,(H,31,36)(H,34,38)(H2,32,35,44). The Morgan fingerprint density at radius 3 is 2.54 bits per heavy atom. The number of sulfonamides is 1. The first kappa shape index (κ1) is 30.8. The molecule has 3 aromatic carbocycles. The minimum Gasteiger partial charge on any atom is -0.454 e. The number of thioether (sulfide) groups is 1. The van der Waals surface area contributed by atoms with Crippen molar-refractivity contribution in [3.05, 3.63) is 107 Å². The molecular weight excluding hydrogens is 651 g/mol. The molecule has 1 amide bonds. The first-order chi connectivity index (χ1) is 22.2. The number of carbonyl (C=O) groups excluding carboxylic acids is 1. The van der Waals surface area contributed by atoms with Crippen molar-refractivity contribution >= 4 is 67.4 Å². The number of pyridine rings is 1. The van der Waals surface area contributed by atoms with Gasteiger partial charge >= 0.3 is 0 Å². The molecule has 1 aliphatic rings. The van der Waals surface area contributed by atoms with E-state index in [0.717, 1.165) is 17.3 Å². The summed E-state index contributed by atoms with van der Waals surface area (Å²) in [6.07, 6.45) is 1.48. The lowest BCUT2D eigenvalue weighted by Gasteiger charge is -2.14. The zero-order valence-electron chi connectivity index (χ0n) is 23.8. The van der Waals surface area contributed by atoms with Gasteiger partial charge in [0.05, 0.1) is 28.1 Å². The van der Waals surface area contributed by atoms with Crippen LogP contribution in [0.5, 0.6) is 11.5 Å². The molecule has 0 unspecified atom stereocenters. The largest absolute Gasteiger partial charge is 0.454 e. The Balaban J connectivity index is 1.06. The van der Waals surface area contributed by atoms with Crippen LogP contribution < -0.4 is 35.9 Å². The molecule has 2 aromatic heterocycles. The summed E-state index contributed by atoms with van der Waals surface area (Å²) in [4.78, 5) is 34.8. The Labute approximate surface area is 272 Å². The summed E-state index contributed by atoms with van der Waals surface area (Å²) in [6, 6.07) is 23.3. The van der Waals surface area contributed by atoms with Gasteiger partial charge in [-0.3, -0.25) is 29.7 Å². The number of hydrogen-bond acceptors (Lipinski definition) is 10. The fourth-order valence-corrected chi connectivity index (χ4v) is 6.39. The number of nitrogens with one attached hydrogen (secondary N) is 4. The van der Waals surface area contributed by atoms with Crippen LogP contribution in [0.1, 0.15) is 5.56 Å². The highest BCUT2D eigenvalue weighted by atomic mass is 32.2. The van der Waals surface area contributed by atoms with Gasteiger partial charge in [0.2, 0.25) is 12.7 Å². The summed E-state index contributed by atoms with van der Waals surface area (Å²) in [7, 11) is -3.83. The predicted octanol–water partition coefficient (Wildman–Crippen LogP) is 3.48. The molecule has 5 aromatic rings. The summed E-state index contributed by atoms with van der Waals surface area (Å²) in [6.45, 7) is 0.351. The molecule has 4 N–H and O–H groups in total. The number of hydrazine groups is 1. The molecule has 1 aliphatic heterocycles. The Kier molecular flexibility index (Phi) is 9.00. The Hall–Kier alpha value is -5.19. The summed E-state index contributed by atoms with van der Waals surface area (Å²) in [5.41, 5.74) is 6.72. The summed E-state index contributed by atoms with van der Waals surface area (Å²) < 4.78 is 40.0. The van der Waals surface area contributed by atoms with Gasteiger partial charge in [0.25, 0.3) is 15.6 Å². The Bertz CT molecular complexity index is 2090. The molecule has 46 heavy (non-hydrogen) atoms. The van der Waals surface area contributed by atoms with Gasteiger partial charge in [0.1, 0.15) is 5.82 Å². The monoisotopic (exact) mass is 675 g/mol.